The van der Waals surface area contributed by atoms with E-state index in [9.17, 15) is 4.79 Å². The van der Waals surface area contributed by atoms with Crippen LogP contribution < -0.4 is 16.2 Å². The van der Waals surface area contributed by atoms with Crippen LogP contribution in [0.1, 0.15) is 21.9 Å². The second-order valence-corrected chi connectivity index (χ2v) is 4.63. The van der Waals surface area contributed by atoms with Crippen molar-refractivity contribution in [3.8, 4) is 0 Å². The normalized spacial score (nSPS) is 9.90. The minimum atomic E-state index is -0.295. The lowest BCUT2D eigenvalue weighted by Gasteiger charge is -2.11. The van der Waals surface area contributed by atoms with Crippen LogP contribution in [0, 0.1) is 13.8 Å². The number of carbonyl (C=O) groups excluding carboxylic acids is 1. The first-order valence-electron chi connectivity index (χ1n) is 6.05. The molecule has 0 spiro atoms. The van der Waals surface area contributed by atoms with Crippen LogP contribution in [0.4, 0.5) is 5.69 Å². The maximum atomic E-state index is 11.9. The van der Waals surface area contributed by atoms with Crippen LogP contribution in [-0.2, 0) is 0 Å². The van der Waals surface area contributed by atoms with Crippen LogP contribution >= 0.6 is 12.2 Å². The number of carbonyl (C=O) groups is 1. The fraction of sp³-hybridized carbons (Fsp3) is 0.143. The van der Waals surface area contributed by atoms with Gasteiger partial charge in [0.25, 0.3) is 5.91 Å². The molecule has 0 aliphatic rings. The van der Waals surface area contributed by atoms with Crippen molar-refractivity contribution in [2.24, 2.45) is 0 Å². The number of benzene rings is 1. The zero-order valence-electron chi connectivity index (χ0n) is 11.2. The van der Waals surface area contributed by atoms with E-state index in [0.717, 1.165) is 5.69 Å². The van der Waals surface area contributed by atoms with E-state index >= 15 is 0 Å². The molecule has 0 aliphatic heterocycles. The standard InChI is InChI=1S/C14H15N3O2S/c1-9-8-12(10(2)19-9)13(18)16-17-14(20)15-11-6-4-3-5-7-11/h3-8H,1-2H3,(H,16,18)(H2,15,17,20). The van der Waals surface area contributed by atoms with E-state index in [1.807, 2.05) is 30.3 Å². The Morgan fingerprint density at radius 3 is 2.45 bits per heavy atom. The lowest BCUT2D eigenvalue weighted by Crippen LogP contribution is -2.43. The highest BCUT2D eigenvalue weighted by atomic mass is 32.1. The van der Waals surface area contributed by atoms with Gasteiger partial charge in [-0.15, -0.1) is 0 Å². The highest BCUT2D eigenvalue weighted by Crippen LogP contribution is 2.12. The van der Waals surface area contributed by atoms with Crippen molar-refractivity contribution in [1.29, 1.82) is 0 Å². The Morgan fingerprint density at radius 2 is 1.85 bits per heavy atom. The minimum Gasteiger partial charge on any atom is -0.466 e. The molecule has 5 nitrogen and oxygen atoms in total. The van der Waals surface area contributed by atoms with Gasteiger partial charge in [-0.05, 0) is 44.3 Å². The summed E-state index contributed by atoms with van der Waals surface area (Å²) in [5, 5.41) is 3.26. The predicted molar refractivity (Wildman–Crippen MR) is 81.4 cm³/mol. The molecule has 2 aromatic rings. The molecule has 0 saturated carbocycles. The zero-order chi connectivity index (χ0) is 14.5. The van der Waals surface area contributed by atoms with Gasteiger partial charge in [-0.3, -0.25) is 15.6 Å². The summed E-state index contributed by atoms with van der Waals surface area (Å²) >= 11 is 5.08. The third-order valence-corrected chi connectivity index (χ3v) is 2.81. The molecule has 20 heavy (non-hydrogen) atoms. The molecule has 0 unspecified atom stereocenters. The first kappa shape index (κ1) is 14.1. The van der Waals surface area contributed by atoms with Crippen molar-refractivity contribution < 1.29 is 9.21 Å². The van der Waals surface area contributed by atoms with Crippen molar-refractivity contribution >= 4 is 28.9 Å². The summed E-state index contributed by atoms with van der Waals surface area (Å²) in [5.74, 6) is 0.970. The Morgan fingerprint density at radius 1 is 1.15 bits per heavy atom. The van der Waals surface area contributed by atoms with Gasteiger partial charge in [0.2, 0.25) is 0 Å². The molecule has 0 atom stereocenters. The number of aryl methyl sites for hydroxylation is 2. The summed E-state index contributed by atoms with van der Waals surface area (Å²) < 4.78 is 5.30. The molecule has 0 aliphatic carbocycles. The van der Waals surface area contributed by atoms with Gasteiger partial charge in [0.15, 0.2) is 5.11 Å². The summed E-state index contributed by atoms with van der Waals surface area (Å²) in [5.41, 5.74) is 6.49. The van der Waals surface area contributed by atoms with Crippen LogP contribution in [0.15, 0.2) is 40.8 Å². The zero-order valence-corrected chi connectivity index (χ0v) is 12.0. The highest BCUT2D eigenvalue weighted by Gasteiger charge is 2.13. The molecule has 1 amide bonds. The van der Waals surface area contributed by atoms with Gasteiger partial charge in [-0.25, -0.2) is 0 Å². The monoisotopic (exact) mass is 289 g/mol. The second kappa shape index (κ2) is 6.21. The first-order chi connectivity index (χ1) is 9.56. The van der Waals surface area contributed by atoms with E-state index in [1.165, 1.54) is 0 Å². The van der Waals surface area contributed by atoms with E-state index in [2.05, 4.69) is 16.2 Å². The van der Waals surface area contributed by atoms with Crippen molar-refractivity contribution in [2.75, 3.05) is 5.32 Å². The number of rotatable bonds is 2. The van der Waals surface area contributed by atoms with Crippen LogP contribution in [0.5, 0.6) is 0 Å². The molecule has 0 radical (unpaired) electrons. The van der Waals surface area contributed by atoms with Gasteiger partial charge < -0.3 is 9.73 Å². The first-order valence-corrected chi connectivity index (χ1v) is 6.46. The molecule has 0 saturated heterocycles. The molecule has 0 fully saturated rings. The highest BCUT2D eigenvalue weighted by molar-refractivity contribution is 7.80. The SMILES string of the molecule is Cc1cc(C(=O)NNC(=S)Nc2ccccc2)c(C)o1. The fourth-order valence-corrected chi connectivity index (χ4v) is 1.89. The average molecular weight is 289 g/mol. The lowest BCUT2D eigenvalue weighted by atomic mass is 10.2. The molecule has 1 heterocycles. The smallest absolute Gasteiger partial charge is 0.273 e. The molecule has 104 valence electrons. The van der Waals surface area contributed by atoms with Crippen molar-refractivity contribution in [2.45, 2.75) is 13.8 Å². The minimum absolute atomic E-state index is 0.295. The molecular formula is C14H15N3O2S. The average Bonchev–Trinajstić information content (AvgIpc) is 2.76. The predicted octanol–water partition coefficient (Wildman–Crippen LogP) is 2.53. The molecular weight excluding hydrogens is 274 g/mol. The van der Waals surface area contributed by atoms with Gasteiger partial charge in [-0.1, -0.05) is 18.2 Å². The molecule has 3 N–H and O–H groups in total. The molecule has 2 rings (SSSR count). The molecule has 1 aromatic heterocycles. The largest absolute Gasteiger partial charge is 0.466 e. The maximum Gasteiger partial charge on any atom is 0.273 e. The van der Waals surface area contributed by atoms with Crippen LogP contribution in [0.2, 0.25) is 0 Å². The number of amides is 1. The summed E-state index contributed by atoms with van der Waals surface area (Å²) in [6, 6.07) is 11.1. The topological polar surface area (TPSA) is 66.3 Å². The Labute approximate surface area is 122 Å². The van der Waals surface area contributed by atoms with Gasteiger partial charge in [-0.2, -0.15) is 0 Å². The summed E-state index contributed by atoms with van der Waals surface area (Å²) in [6.45, 7) is 3.53. The number of anilines is 1. The van der Waals surface area contributed by atoms with E-state index < -0.39 is 0 Å². The van der Waals surface area contributed by atoms with Crippen LogP contribution in [0.25, 0.3) is 0 Å². The van der Waals surface area contributed by atoms with Crippen LogP contribution in [-0.4, -0.2) is 11.0 Å². The lowest BCUT2D eigenvalue weighted by molar-refractivity contribution is 0.0942. The number of hydrogen-bond donors (Lipinski definition) is 3. The summed E-state index contributed by atoms with van der Waals surface area (Å²) in [7, 11) is 0. The number of furan rings is 1. The van der Waals surface area contributed by atoms with Gasteiger partial charge in [0, 0.05) is 5.69 Å². The van der Waals surface area contributed by atoms with Gasteiger partial charge >= 0.3 is 0 Å². The van der Waals surface area contributed by atoms with E-state index in [4.69, 9.17) is 16.6 Å². The van der Waals surface area contributed by atoms with E-state index in [1.54, 1.807) is 19.9 Å². The fourth-order valence-electron chi connectivity index (χ4n) is 1.72. The Kier molecular flexibility index (Phi) is 4.37. The van der Waals surface area contributed by atoms with Crippen molar-refractivity contribution in [3.05, 3.63) is 53.5 Å². The number of hydrogen-bond acceptors (Lipinski definition) is 3. The molecule has 1 aromatic carbocycles. The number of para-hydroxylation sites is 1. The quantitative estimate of drug-likeness (QED) is 0.585. The number of nitrogens with one attached hydrogen (secondary N) is 3. The summed E-state index contributed by atoms with van der Waals surface area (Å²) in [4.78, 5) is 11.9. The van der Waals surface area contributed by atoms with E-state index in [0.29, 0.717) is 22.2 Å². The van der Waals surface area contributed by atoms with Gasteiger partial charge in [0.05, 0.1) is 5.56 Å². The Hall–Kier alpha value is -2.34. The van der Waals surface area contributed by atoms with Crippen molar-refractivity contribution in [3.63, 3.8) is 0 Å². The number of thiocarbonyl (C=S) groups is 1. The van der Waals surface area contributed by atoms with E-state index in [-0.39, 0.29) is 5.91 Å². The summed E-state index contributed by atoms with van der Waals surface area (Å²) in [6.07, 6.45) is 0. The van der Waals surface area contributed by atoms with Crippen molar-refractivity contribution in [1.82, 2.24) is 10.9 Å². The third kappa shape index (κ3) is 3.58. The second-order valence-electron chi connectivity index (χ2n) is 4.23. The maximum absolute atomic E-state index is 11.9. The number of hydrazine groups is 1. The Balaban J connectivity index is 1.87. The third-order valence-electron chi connectivity index (χ3n) is 2.61. The Bertz CT molecular complexity index is 623. The molecule has 6 heteroatoms. The van der Waals surface area contributed by atoms with Crippen LogP contribution in [0.3, 0.4) is 0 Å². The van der Waals surface area contributed by atoms with Gasteiger partial charge in [0.1, 0.15) is 11.5 Å². The molecule has 0 bridgehead atoms.